The summed E-state index contributed by atoms with van der Waals surface area (Å²) in [6.07, 6.45) is 4.81. The predicted molar refractivity (Wildman–Crippen MR) is 45.2 cm³/mol. The Morgan fingerprint density at radius 2 is 2.33 bits per heavy atom. The largest absolute Gasteiger partial charge is 0.461 e. The van der Waals surface area contributed by atoms with Gasteiger partial charge in [-0.15, -0.1) is 0 Å². The van der Waals surface area contributed by atoms with Crippen molar-refractivity contribution in [1.29, 1.82) is 0 Å². The van der Waals surface area contributed by atoms with Crippen molar-refractivity contribution in [2.75, 3.05) is 5.73 Å². The summed E-state index contributed by atoms with van der Waals surface area (Å²) in [6.45, 7) is 3.78. The van der Waals surface area contributed by atoms with Gasteiger partial charge in [-0.2, -0.15) is 0 Å². The SMILES string of the molecule is C=C1C=COc2cnc(N)nc21. The van der Waals surface area contributed by atoms with Gasteiger partial charge in [0, 0.05) is 5.57 Å². The molecule has 2 N–H and O–H groups in total. The van der Waals surface area contributed by atoms with Crippen molar-refractivity contribution in [1.82, 2.24) is 9.97 Å². The number of hydrogen-bond acceptors (Lipinski definition) is 4. The molecule has 4 heteroatoms. The van der Waals surface area contributed by atoms with E-state index < -0.39 is 0 Å². The molecule has 1 aliphatic rings. The van der Waals surface area contributed by atoms with Gasteiger partial charge in [-0.25, -0.2) is 9.97 Å². The van der Waals surface area contributed by atoms with Crippen LogP contribution in [0, 0.1) is 0 Å². The summed E-state index contributed by atoms with van der Waals surface area (Å²) < 4.78 is 5.13. The summed E-state index contributed by atoms with van der Waals surface area (Å²) in [7, 11) is 0. The zero-order valence-electron chi connectivity index (χ0n) is 6.32. The predicted octanol–water partition coefficient (Wildman–Crippen LogP) is 0.978. The lowest BCUT2D eigenvalue weighted by Gasteiger charge is -2.11. The Hall–Kier alpha value is -1.84. The molecule has 0 aliphatic carbocycles. The third-order valence-electron chi connectivity index (χ3n) is 1.54. The second-order valence-corrected chi connectivity index (χ2v) is 2.39. The maximum absolute atomic E-state index is 5.40. The fourth-order valence-electron chi connectivity index (χ4n) is 0.969. The second-order valence-electron chi connectivity index (χ2n) is 2.39. The molecule has 0 saturated carbocycles. The van der Waals surface area contributed by atoms with Crippen LogP contribution < -0.4 is 10.5 Å². The minimum absolute atomic E-state index is 0.230. The van der Waals surface area contributed by atoms with E-state index >= 15 is 0 Å². The number of aromatic nitrogens is 2. The summed E-state index contributed by atoms with van der Waals surface area (Å²) in [5.41, 5.74) is 6.84. The average molecular weight is 161 g/mol. The summed E-state index contributed by atoms with van der Waals surface area (Å²) in [6, 6.07) is 0. The van der Waals surface area contributed by atoms with E-state index in [1.54, 1.807) is 12.3 Å². The Bertz CT molecular complexity index is 371. The van der Waals surface area contributed by atoms with Gasteiger partial charge in [0.05, 0.1) is 12.5 Å². The van der Waals surface area contributed by atoms with Crippen molar-refractivity contribution in [3.63, 3.8) is 0 Å². The first-order chi connectivity index (χ1) is 5.77. The maximum atomic E-state index is 5.40. The van der Waals surface area contributed by atoms with Crippen LogP contribution in [-0.4, -0.2) is 9.97 Å². The van der Waals surface area contributed by atoms with Crippen molar-refractivity contribution < 1.29 is 4.74 Å². The highest BCUT2D eigenvalue weighted by Gasteiger charge is 2.11. The van der Waals surface area contributed by atoms with Gasteiger partial charge in [0.15, 0.2) is 5.75 Å². The molecule has 0 spiro atoms. The highest BCUT2D eigenvalue weighted by molar-refractivity contribution is 5.75. The Labute approximate surface area is 69.4 Å². The molecule has 0 amide bonds. The Balaban J connectivity index is 2.59. The van der Waals surface area contributed by atoms with Gasteiger partial charge in [0.25, 0.3) is 0 Å². The van der Waals surface area contributed by atoms with Gasteiger partial charge in [-0.05, 0) is 6.08 Å². The minimum Gasteiger partial charge on any atom is -0.461 e. The topological polar surface area (TPSA) is 61.0 Å². The van der Waals surface area contributed by atoms with Crippen LogP contribution >= 0.6 is 0 Å². The van der Waals surface area contributed by atoms with Crippen LogP contribution in [0.4, 0.5) is 5.95 Å². The van der Waals surface area contributed by atoms with Crippen LogP contribution in [0.2, 0.25) is 0 Å². The molecule has 0 aromatic carbocycles. The van der Waals surface area contributed by atoms with E-state index in [-0.39, 0.29) is 5.95 Å². The number of rotatable bonds is 0. The van der Waals surface area contributed by atoms with Gasteiger partial charge in [-0.1, -0.05) is 6.58 Å². The Kier molecular flexibility index (Phi) is 1.33. The molecule has 12 heavy (non-hydrogen) atoms. The van der Waals surface area contributed by atoms with Crippen molar-refractivity contribution in [3.8, 4) is 5.75 Å². The molecule has 1 aliphatic heterocycles. The molecule has 0 saturated heterocycles. The summed E-state index contributed by atoms with van der Waals surface area (Å²) in [5, 5.41) is 0. The van der Waals surface area contributed by atoms with Gasteiger partial charge < -0.3 is 10.5 Å². The van der Waals surface area contributed by atoms with E-state index in [0.717, 1.165) is 5.57 Å². The number of fused-ring (bicyclic) bond motifs is 1. The fourth-order valence-corrected chi connectivity index (χ4v) is 0.969. The first-order valence-electron chi connectivity index (χ1n) is 3.42. The number of allylic oxidation sites excluding steroid dienone is 2. The molecule has 1 aromatic heterocycles. The zero-order valence-corrected chi connectivity index (χ0v) is 6.32. The first-order valence-corrected chi connectivity index (χ1v) is 3.42. The fraction of sp³-hybridized carbons (Fsp3) is 0. The highest BCUT2D eigenvalue weighted by Crippen LogP contribution is 2.27. The van der Waals surface area contributed by atoms with Gasteiger partial charge in [-0.3, -0.25) is 0 Å². The third-order valence-corrected chi connectivity index (χ3v) is 1.54. The van der Waals surface area contributed by atoms with Gasteiger partial charge in [0.1, 0.15) is 5.69 Å². The van der Waals surface area contributed by atoms with E-state index in [2.05, 4.69) is 16.5 Å². The summed E-state index contributed by atoms with van der Waals surface area (Å²) >= 11 is 0. The van der Waals surface area contributed by atoms with Crippen molar-refractivity contribution in [3.05, 3.63) is 30.8 Å². The summed E-state index contributed by atoms with van der Waals surface area (Å²) in [4.78, 5) is 7.78. The van der Waals surface area contributed by atoms with Crippen molar-refractivity contribution in [2.24, 2.45) is 0 Å². The standard InChI is InChI=1S/C8H7N3O/c1-5-2-3-12-6-4-10-8(9)11-7(5)6/h2-4H,1H2,(H2,9,10,11). The number of anilines is 1. The third kappa shape index (κ3) is 0.934. The second kappa shape index (κ2) is 2.34. The number of nitrogen functional groups attached to an aromatic ring is 1. The van der Waals surface area contributed by atoms with Crippen LogP contribution in [0.15, 0.2) is 25.1 Å². The van der Waals surface area contributed by atoms with E-state index in [0.29, 0.717) is 11.4 Å². The van der Waals surface area contributed by atoms with Crippen molar-refractivity contribution in [2.45, 2.75) is 0 Å². The Morgan fingerprint density at radius 3 is 3.17 bits per heavy atom. The monoisotopic (exact) mass is 161 g/mol. The van der Waals surface area contributed by atoms with Crippen LogP contribution in [0.5, 0.6) is 5.75 Å². The van der Waals surface area contributed by atoms with Crippen LogP contribution in [0.3, 0.4) is 0 Å². The first kappa shape index (κ1) is 6.84. The number of hydrogen-bond donors (Lipinski definition) is 1. The minimum atomic E-state index is 0.230. The lowest BCUT2D eigenvalue weighted by molar-refractivity contribution is 0.470. The molecule has 1 aromatic rings. The molecule has 0 bridgehead atoms. The lowest BCUT2D eigenvalue weighted by atomic mass is 10.2. The van der Waals surface area contributed by atoms with E-state index in [9.17, 15) is 0 Å². The molecule has 2 rings (SSSR count). The average Bonchev–Trinajstić information content (AvgIpc) is 2.07. The van der Waals surface area contributed by atoms with Crippen LogP contribution in [0.1, 0.15) is 5.69 Å². The lowest BCUT2D eigenvalue weighted by Crippen LogP contribution is -2.03. The molecular weight excluding hydrogens is 154 g/mol. The quantitative estimate of drug-likeness (QED) is 0.616. The van der Waals surface area contributed by atoms with Gasteiger partial charge >= 0.3 is 0 Å². The highest BCUT2D eigenvalue weighted by atomic mass is 16.5. The van der Waals surface area contributed by atoms with Crippen LogP contribution in [0.25, 0.3) is 5.57 Å². The van der Waals surface area contributed by atoms with Crippen molar-refractivity contribution >= 4 is 11.5 Å². The number of nitrogens with zero attached hydrogens (tertiary/aromatic N) is 2. The van der Waals surface area contributed by atoms with E-state index in [1.807, 2.05) is 0 Å². The maximum Gasteiger partial charge on any atom is 0.220 e. The number of nitrogens with two attached hydrogens (primary N) is 1. The molecule has 60 valence electrons. The zero-order chi connectivity index (χ0) is 8.55. The smallest absolute Gasteiger partial charge is 0.220 e. The molecule has 4 nitrogen and oxygen atoms in total. The molecule has 0 fully saturated rings. The molecule has 0 unspecified atom stereocenters. The van der Waals surface area contributed by atoms with E-state index in [4.69, 9.17) is 10.5 Å². The molecular formula is C8H7N3O. The van der Waals surface area contributed by atoms with E-state index in [1.165, 1.54) is 6.20 Å². The molecule has 0 radical (unpaired) electrons. The van der Waals surface area contributed by atoms with Crippen LogP contribution in [-0.2, 0) is 0 Å². The van der Waals surface area contributed by atoms with Gasteiger partial charge in [0.2, 0.25) is 5.95 Å². The molecule has 0 atom stereocenters. The summed E-state index contributed by atoms with van der Waals surface area (Å²) in [5.74, 6) is 0.825. The molecule has 2 heterocycles. The number of ether oxygens (including phenoxy) is 1. The Morgan fingerprint density at radius 1 is 1.50 bits per heavy atom. The normalized spacial score (nSPS) is 13.8.